The second-order valence-electron chi connectivity index (χ2n) is 11.2. The third kappa shape index (κ3) is 536. The molecule has 6 N–H and O–H groups in total. The number of carbonyl (C=O) groups is 8. The quantitative estimate of drug-likeness (QED) is 0.0922. The molecule has 0 spiro atoms. The normalized spacial score (nSPS) is 6.03. The predicted octanol–water partition coefficient (Wildman–Crippen LogP) is 18.5. The van der Waals surface area contributed by atoms with Gasteiger partial charge in [0, 0.05) is 76.1 Å². The zero-order chi connectivity index (χ0) is 74.2. The molecule has 0 aliphatic rings. The van der Waals surface area contributed by atoms with Crippen LogP contribution in [-0.4, -0.2) is 198 Å². The second-order valence-corrected chi connectivity index (χ2v) is 11.2. The minimum atomic E-state index is -0.757. The average molecular weight is 1400 g/mol. The largest absolute Gasteiger partial charge is 0.481 e. The van der Waals surface area contributed by atoms with Crippen molar-refractivity contribution >= 4 is 47.6 Å². The Balaban J connectivity index is -0.0000000133. The van der Waals surface area contributed by atoms with Gasteiger partial charge in [-0.1, -0.05) is 234 Å². The highest BCUT2D eigenvalue weighted by Crippen LogP contribution is 2.13. The topological polar surface area (TPSA) is 341 Å². The molecular formula is C70H190O23. The Morgan fingerprint density at radius 1 is 0.269 bits per heavy atom. The third-order valence-electron chi connectivity index (χ3n) is 4.44. The van der Waals surface area contributed by atoms with Crippen LogP contribution in [-0.2, 0) is 81.0 Å². The minimum Gasteiger partial charge on any atom is -0.481 e. The number of Topliss-reactive ketones (excluding diaryl/α,β-unsaturated/α-hetero) is 1. The van der Waals surface area contributed by atoms with Crippen molar-refractivity contribution in [2.75, 3.05) is 119 Å². The number of carbonyl (C=O) groups excluding carboxylic acids is 7. The number of aliphatic hydroxyl groups is 5. The maximum absolute atomic E-state index is 10.6. The van der Waals surface area contributed by atoms with Crippen molar-refractivity contribution in [2.45, 2.75) is 301 Å². The van der Waals surface area contributed by atoms with E-state index in [0.717, 1.165) is 35.5 Å². The molecule has 0 aliphatic heterocycles. The van der Waals surface area contributed by atoms with E-state index in [-0.39, 0.29) is 141 Å². The van der Waals surface area contributed by atoms with Crippen LogP contribution in [0, 0.1) is 10.8 Å². The molecule has 93 heavy (non-hydrogen) atoms. The maximum Gasteiger partial charge on any atom is 0.331 e. The van der Waals surface area contributed by atoms with Crippen molar-refractivity contribution in [3.8, 4) is 0 Å². The molecule has 0 unspecified atom stereocenters. The lowest BCUT2D eigenvalue weighted by Gasteiger charge is -2.13. The first-order chi connectivity index (χ1) is 39.2. The van der Waals surface area contributed by atoms with E-state index in [4.69, 9.17) is 30.6 Å². The zero-order valence-corrected chi connectivity index (χ0v) is 62.9. The Labute approximate surface area is 588 Å². The number of hydrogen-bond acceptors (Lipinski definition) is 22. The fourth-order valence-electron chi connectivity index (χ4n) is 1.13. The number of carboxylic acids is 1. The molecule has 0 aromatic rings. The summed E-state index contributed by atoms with van der Waals surface area (Å²) in [5, 5.41) is 43.2. The highest BCUT2D eigenvalue weighted by Gasteiger charge is 2.21. The molecule has 0 rings (SSSR count). The highest BCUT2D eigenvalue weighted by atomic mass is 16.6. The summed E-state index contributed by atoms with van der Waals surface area (Å²) in [5.41, 5.74) is -0.936. The van der Waals surface area contributed by atoms with E-state index in [1.807, 2.05) is 166 Å². The van der Waals surface area contributed by atoms with E-state index in [1.54, 1.807) is 41.5 Å². The average Bonchev–Trinajstić information content (AvgIpc) is 3.56. The van der Waals surface area contributed by atoms with E-state index in [2.05, 4.69) is 42.6 Å². The smallest absolute Gasteiger partial charge is 0.331 e. The number of hydrogen-bond donors (Lipinski definition) is 6. The molecule has 0 aromatic heterocycles. The van der Waals surface area contributed by atoms with Crippen molar-refractivity contribution in [2.24, 2.45) is 10.8 Å². The van der Waals surface area contributed by atoms with Crippen molar-refractivity contribution in [3.05, 3.63) is 0 Å². The summed E-state index contributed by atoms with van der Waals surface area (Å²) in [6.07, 6.45) is 1.60. The van der Waals surface area contributed by atoms with Gasteiger partial charge in [-0.05, 0) is 48.5 Å². The lowest BCUT2D eigenvalue weighted by Crippen LogP contribution is -2.21. The molecule has 23 nitrogen and oxygen atoms in total. The molecule has 0 fully saturated rings. The monoisotopic (exact) mass is 1400 g/mol. The van der Waals surface area contributed by atoms with Crippen LogP contribution in [0.15, 0.2) is 0 Å². The van der Waals surface area contributed by atoms with Gasteiger partial charge < -0.3 is 78.1 Å². The number of aliphatic hydroxyl groups excluding tert-OH is 5. The Bertz CT molecular complexity index is 888. The van der Waals surface area contributed by atoms with Crippen LogP contribution in [0.1, 0.15) is 301 Å². The first kappa shape index (κ1) is 220. The molecule has 0 saturated carbocycles. The van der Waals surface area contributed by atoms with Gasteiger partial charge in [-0.25, -0.2) is 14.4 Å². The number of ether oxygens (including phenoxy) is 9. The molecule has 608 valence electrons. The SMILES string of the molecule is C.C.C.C.C.C.C.C.C.C.CC.CC.CC.CC.CC.CC.CC.CC.CC.CC.CC(C)(C)C(=O)O.CCC(=O)OC.CCC(=O)OC.CCC(C)=O.CO.CO.CO.CO.CO.COC(=O)C(C)(C)C.COCC(=O)OC.COCC(=O)OC.COCC(=O)OC. The van der Waals surface area contributed by atoms with Gasteiger partial charge in [0.2, 0.25) is 0 Å². The van der Waals surface area contributed by atoms with E-state index < -0.39 is 11.4 Å². The van der Waals surface area contributed by atoms with Crippen molar-refractivity contribution in [1.82, 2.24) is 0 Å². The van der Waals surface area contributed by atoms with Crippen LogP contribution in [0.2, 0.25) is 0 Å². The van der Waals surface area contributed by atoms with Crippen LogP contribution in [0.5, 0.6) is 0 Å². The predicted molar refractivity (Wildman–Crippen MR) is 417 cm³/mol. The zero-order valence-electron chi connectivity index (χ0n) is 62.9. The van der Waals surface area contributed by atoms with Crippen LogP contribution in [0.3, 0.4) is 0 Å². The number of ketones is 1. The first-order valence-corrected chi connectivity index (χ1v) is 28.1. The van der Waals surface area contributed by atoms with Gasteiger partial charge in [0.25, 0.3) is 0 Å². The Kier molecular flexibility index (Phi) is 715. The fraction of sp³-hybridized carbons (Fsp3) is 0.886. The lowest BCUT2D eigenvalue weighted by atomic mass is 9.98. The van der Waals surface area contributed by atoms with Gasteiger partial charge in [0.05, 0.1) is 53.5 Å². The van der Waals surface area contributed by atoms with E-state index >= 15 is 0 Å². The number of carboxylic acid groups (broad SMARTS) is 1. The molecule has 0 atom stereocenters. The molecule has 0 amide bonds. The molecule has 0 heterocycles. The highest BCUT2D eigenvalue weighted by molar-refractivity contribution is 5.75. The van der Waals surface area contributed by atoms with Gasteiger partial charge in [-0.2, -0.15) is 0 Å². The van der Waals surface area contributed by atoms with Crippen LogP contribution in [0.4, 0.5) is 0 Å². The maximum atomic E-state index is 10.6. The Morgan fingerprint density at radius 2 is 0.387 bits per heavy atom. The summed E-state index contributed by atoms with van der Waals surface area (Å²) in [5.74, 6) is -2.02. The molecule has 0 aromatic carbocycles. The molecule has 23 heteroatoms. The number of methoxy groups -OCH3 is 9. The number of esters is 6. The van der Waals surface area contributed by atoms with E-state index in [9.17, 15) is 38.4 Å². The molecular weight excluding hydrogens is 1210 g/mol. The molecule has 0 radical (unpaired) electrons. The van der Waals surface area contributed by atoms with Gasteiger partial charge in [-0.15, -0.1) is 0 Å². The summed E-state index contributed by atoms with van der Waals surface area (Å²) in [6.45, 7) is 57.5. The van der Waals surface area contributed by atoms with Crippen LogP contribution in [0.25, 0.3) is 0 Å². The number of rotatable bonds is 9. The third-order valence-corrected chi connectivity index (χ3v) is 4.44. The van der Waals surface area contributed by atoms with Gasteiger partial charge in [-0.3, -0.25) is 19.2 Å². The Hall–Kier alpha value is -4.36. The summed E-state index contributed by atoms with van der Waals surface area (Å²) in [6, 6.07) is 0. The van der Waals surface area contributed by atoms with E-state index in [0.29, 0.717) is 19.3 Å². The molecule has 0 bridgehead atoms. The van der Waals surface area contributed by atoms with Crippen molar-refractivity contribution in [1.29, 1.82) is 0 Å². The summed E-state index contributed by atoms with van der Waals surface area (Å²) < 4.78 is 38.9. The summed E-state index contributed by atoms with van der Waals surface area (Å²) >= 11 is 0. The first-order valence-electron chi connectivity index (χ1n) is 28.1. The lowest BCUT2D eigenvalue weighted by molar-refractivity contribution is -0.150. The minimum absolute atomic E-state index is 0. The van der Waals surface area contributed by atoms with Gasteiger partial charge in [0.1, 0.15) is 25.6 Å². The summed E-state index contributed by atoms with van der Waals surface area (Å²) in [7, 11) is 17.4. The number of aliphatic carboxylic acids is 1. The Morgan fingerprint density at radius 3 is 0.398 bits per heavy atom. The van der Waals surface area contributed by atoms with Crippen molar-refractivity contribution in [3.63, 3.8) is 0 Å². The van der Waals surface area contributed by atoms with Crippen LogP contribution >= 0.6 is 0 Å². The van der Waals surface area contributed by atoms with Crippen molar-refractivity contribution < 1.29 is 112 Å². The van der Waals surface area contributed by atoms with Gasteiger partial charge in [0.15, 0.2) is 0 Å². The summed E-state index contributed by atoms with van der Waals surface area (Å²) in [4.78, 5) is 80.6. The molecule has 0 saturated heterocycles. The van der Waals surface area contributed by atoms with Gasteiger partial charge >= 0.3 is 41.8 Å². The van der Waals surface area contributed by atoms with Crippen LogP contribution < -0.4 is 0 Å². The second kappa shape index (κ2) is 302. The molecule has 0 aliphatic carbocycles. The standard InChI is InChI=1S/C6H12O2.C5H10O2.3C4H8O3.2C4H8O2.C4H8O.10C2H6.5CH4O.10CH4/c1-6(2,3)5(7)8-4;1-5(2,3)4(6)7;3*1-6-3-4(5)7-2;2*1-3-4(5)6-2;1-3-4(2)5;15*1-2;;;;;;;;;;/h1-4H3;1-3H3,(H,6,7);3*3H2,1-2H3;2*3H2,1-2H3;3H2,1-2H3;10*1-2H3;5*2H,1H3;10*1H4. The van der Waals surface area contributed by atoms with E-state index in [1.165, 1.54) is 64.0 Å². The fourth-order valence-corrected chi connectivity index (χ4v) is 1.13.